The maximum absolute atomic E-state index is 13.6. The minimum Gasteiger partial charge on any atom is -0.353 e. The lowest BCUT2D eigenvalue weighted by atomic mass is 10.2. The van der Waals surface area contributed by atoms with Crippen LogP contribution in [0.15, 0.2) is 35.8 Å². The van der Waals surface area contributed by atoms with Gasteiger partial charge in [-0.15, -0.1) is 0 Å². The summed E-state index contributed by atoms with van der Waals surface area (Å²) in [5, 5.41) is 0.875. The molecule has 2 rings (SSSR count). The minimum absolute atomic E-state index is 0.270. The standard InChI is InChI=1S/C14H15ClFN3/c1-4-19(3)14(15)17-9(2)13-8-10-11(16)6-5-7-12(10)18-13/h5-8,18H,2,4H2,1,3H3/b17-14-. The summed E-state index contributed by atoms with van der Waals surface area (Å²) in [5.74, 6) is -0.270. The van der Waals surface area contributed by atoms with Crippen molar-refractivity contribution in [2.45, 2.75) is 6.92 Å². The second kappa shape index (κ2) is 5.45. The lowest BCUT2D eigenvalue weighted by Gasteiger charge is -2.13. The summed E-state index contributed by atoms with van der Waals surface area (Å²) in [5.41, 5.74) is 1.84. The third kappa shape index (κ3) is 2.79. The molecule has 0 spiro atoms. The lowest BCUT2D eigenvalue weighted by molar-refractivity contribution is 0.545. The van der Waals surface area contributed by atoms with Crippen LogP contribution in [-0.2, 0) is 0 Å². The van der Waals surface area contributed by atoms with Crippen molar-refractivity contribution in [3.8, 4) is 0 Å². The van der Waals surface area contributed by atoms with E-state index in [2.05, 4.69) is 16.6 Å². The Morgan fingerprint density at radius 2 is 2.26 bits per heavy atom. The normalized spacial score (nSPS) is 11.9. The number of benzene rings is 1. The van der Waals surface area contributed by atoms with E-state index in [1.807, 2.05) is 14.0 Å². The van der Waals surface area contributed by atoms with Crippen LogP contribution in [0.4, 0.5) is 4.39 Å². The zero-order chi connectivity index (χ0) is 14.0. The Balaban J connectivity index is 2.35. The maximum atomic E-state index is 13.6. The van der Waals surface area contributed by atoms with Crippen LogP contribution in [0.5, 0.6) is 0 Å². The average molecular weight is 280 g/mol. The van der Waals surface area contributed by atoms with Gasteiger partial charge in [0.1, 0.15) is 5.82 Å². The van der Waals surface area contributed by atoms with E-state index >= 15 is 0 Å². The van der Waals surface area contributed by atoms with E-state index in [0.717, 1.165) is 6.54 Å². The highest BCUT2D eigenvalue weighted by molar-refractivity contribution is 6.64. The van der Waals surface area contributed by atoms with Crippen molar-refractivity contribution in [3.63, 3.8) is 0 Å². The second-order valence-electron chi connectivity index (χ2n) is 4.23. The van der Waals surface area contributed by atoms with E-state index in [9.17, 15) is 4.39 Å². The predicted molar refractivity (Wildman–Crippen MR) is 78.9 cm³/mol. The summed E-state index contributed by atoms with van der Waals surface area (Å²) in [4.78, 5) is 9.07. The molecule has 3 nitrogen and oxygen atoms in total. The molecule has 0 saturated carbocycles. The highest BCUT2D eigenvalue weighted by Gasteiger charge is 2.08. The van der Waals surface area contributed by atoms with Gasteiger partial charge < -0.3 is 9.88 Å². The van der Waals surface area contributed by atoms with Gasteiger partial charge in [-0.1, -0.05) is 12.6 Å². The number of aliphatic imine (C=N–C) groups is 1. The molecule has 0 fully saturated rings. The summed E-state index contributed by atoms with van der Waals surface area (Å²) in [6.07, 6.45) is 0. The van der Waals surface area contributed by atoms with Crippen molar-refractivity contribution in [2.75, 3.05) is 13.6 Å². The molecule has 0 atom stereocenters. The molecule has 5 heteroatoms. The Morgan fingerprint density at radius 1 is 1.53 bits per heavy atom. The van der Waals surface area contributed by atoms with Crippen LogP contribution < -0.4 is 0 Å². The van der Waals surface area contributed by atoms with Gasteiger partial charge in [0.2, 0.25) is 0 Å². The summed E-state index contributed by atoms with van der Waals surface area (Å²) >= 11 is 6.03. The molecule has 100 valence electrons. The molecular formula is C14H15ClFN3. The molecule has 0 bridgehead atoms. The number of aromatic nitrogens is 1. The van der Waals surface area contributed by atoms with Crippen LogP contribution in [-0.4, -0.2) is 28.8 Å². The Morgan fingerprint density at radius 3 is 2.89 bits per heavy atom. The summed E-state index contributed by atoms with van der Waals surface area (Å²) in [6.45, 7) is 6.57. The molecule has 0 aliphatic carbocycles. The number of H-pyrrole nitrogens is 1. The number of aromatic amines is 1. The molecule has 0 unspecified atom stereocenters. The first-order chi connectivity index (χ1) is 9.02. The van der Waals surface area contributed by atoms with Crippen molar-refractivity contribution >= 4 is 33.5 Å². The molecule has 1 aromatic carbocycles. The number of amidine groups is 1. The second-order valence-corrected chi connectivity index (χ2v) is 4.56. The van der Waals surface area contributed by atoms with Crippen molar-refractivity contribution < 1.29 is 4.39 Å². The number of fused-ring (bicyclic) bond motifs is 1. The molecule has 0 aliphatic heterocycles. The zero-order valence-corrected chi connectivity index (χ0v) is 11.6. The zero-order valence-electron chi connectivity index (χ0n) is 10.9. The molecule has 0 amide bonds. The third-order valence-electron chi connectivity index (χ3n) is 2.94. The van der Waals surface area contributed by atoms with Gasteiger partial charge >= 0.3 is 0 Å². The SMILES string of the molecule is C=C(/N=C(/Cl)N(C)CC)c1cc2c(F)cccc2[nH]1. The highest BCUT2D eigenvalue weighted by Crippen LogP contribution is 2.23. The minimum atomic E-state index is -0.270. The van der Waals surface area contributed by atoms with Crippen molar-refractivity contribution in [3.05, 3.63) is 42.4 Å². The maximum Gasteiger partial charge on any atom is 0.198 e. The first-order valence-corrected chi connectivity index (χ1v) is 6.32. The number of hydrogen-bond donors (Lipinski definition) is 1. The number of hydrogen-bond acceptors (Lipinski definition) is 1. The smallest absolute Gasteiger partial charge is 0.198 e. The van der Waals surface area contributed by atoms with Crippen LogP contribution >= 0.6 is 11.6 Å². The topological polar surface area (TPSA) is 31.4 Å². The fourth-order valence-electron chi connectivity index (χ4n) is 1.66. The third-order valence-corrected chi connectivity index (χ3v) is 3.31. The number of nitrogens with one attached hydrogen (secondary N) is 1. The van der Waals surface area contributed by atoms with Crippen LogP contribution in [0.3, 0.4) is 0 Å². The first kappa shape index (κ1) is 13.6. The van der Waals surface area contributed by atoms with Crippen LogP contribution in [0.25, 0.3) is 16.6 Å². The van der Waals surface area contributed by atoms with E-state index in [1.54, 1.807) is 23.1 Å². The lowest BCUT2D eigenvalue weighted by Crippen LogP contribution is -2.21. The van der Waals surface area contributed by atoms with Gasteiger partial charge in [0.25, 0.3) is 0 Å². The molecule has 0 aliphatic rings. The van der Waals surface area contributed by atoms with Gasteiger partial charge in [-0.2, -0.15) is 0 Å². The molecule has 1 heterocycles. The first-order valence-electron chi connectivity index (χ1n) is 5.94. The number of halogens is 2. The van der Waals surface area contributed by atoms with Crippen molar-refractivity contribution in [1.29, 1.82) is 0 Å². The van der Waals surface area contributed by atoms with Gasteiger partial charge in [0.05, 0.1) is 11.4 Å². The summed E-state index contributed by atoms with van der Waals surface area (Å²) < 4.78 is 13.6. The fraction of sp³-hybridized carbons (Fsp3) is 0.214. The Bertz CT molecular complexity index is 645. The Hall–Kier alpha value is -1.81. The molecule has 1 N–H and O–H groups in total. The van der Waals surface area contributed by atoms with Crippen LogP contribution in [0.1, 0.15) is 12.6 Å². The fourth-order valence-corrected chi connectivity index (χ4v) is 1.88. The largest absolute Gasteiger partial charge is 0.353 e. The van der Waals surface area contributed by atoms with Gasteiger partial charge in [0, 0.05) is 24.5 Å². The van der Waals surface area contributed by atoms with E-state index in [1.165, 1.54) is 6.07 Å². The Kier molecular flexibility index (Phi) is 3.90. The van der Waals surface area contributed by atoms with Crippen LogP contribution in [0.2, 0.25) is 0 Å². The van der Waals surface area contributed by atoms with Gasteiger partial charge in [-0.25, -0.2) is 9.38 Å². The van der Waals surface area contributed by atoms with Gasteiger partial charge in [-0.05, 0) is 36.7 Å². The van der Waals surface area contributed by atoms with E-state index in [4.69, 9.17) is 11.6 Å². The Labute approximate surface area is 116 Å². The summed E-state index contributed by atoms with van der Waals surface area (Å²) in [6, 6.07) is 6.57. The molecule has 1 aromatic heterocycles. The van der Waals surface area contributed by atoms with Crippen molar-refractivity contribution in [2.24, 2.45) is 4.99 Å². The molecule has 0 saturated heterocycles. The molecular weight excluding hydrogens is 265 g/mol. The molecule has 19 heavy (non-hydrogen) atoms. The quantitative estimate of drug-likeness (QED) is 0.517. The highest BCUT2D eigenvalue weighted by atomic mass is 35.5. The molecule has 2 aromatic rings. The van der Waals surface area contributed by atoms with E-state index in [0.29, 0.717) is 27.6 Å². The molecule has 0 radical (unpaired) electrons. The van der Waals surface area contributed by atoms with Crippen LogP contribution in [0, 0.1) is 5.82 Å². The number of rotatable bonds is 3. The average Bonchev–Trinajstić information content (AvgIpc) is 2.83. The summed E-state index contributed by atoms with van der Waals surface area (Å²) in [7, 11) is 1.84. The van der Waals surface area contributed by atoms with Gasteiger partial charge in [0.15, 0.2) is 5.29 Å². The predicted octanol–water partition coefficient (Wildman–Crippen LogP) is 3.82. The van der Waals surface area contributed by atoms with Gasteiger partial charge in [-0.3, -0.25) is 0 Å². The van der Waals surface area contributed by atoms with E-state index in [-0.39, 0.29) is 5.82 Å². The van der Waals surface area contributed by atoms with Crippen molar-refractivity contribution in [1.82, 2.24) is 9.88 Å². The number of nitrogens with zero attached hydrogens (tertiary/aromatic N) is 2. The monoisotopic (exact) mass is 279 g/mol. The van der Waals surface area contributed by atoms with E-state index < -0.39 is 0 Å².